The summed E-state index contributed by atoms with van der Waals surface area (Å²) in [4.78, 5) is 16.5. The summed E-state index contributed by atoms with van der Waals surface area (Å²) in [5.74, 6) is -1.56. The Morgan fingerprint density at radius 3 is 2.34 bits per heavy atom. The lowest BCUT2D eigenvalue weighted by atomic mass is 9.91. The van der Waals surface area contributed by atoms with Crippen LogP contribution in [0, 0.1) is 25.5 Å². The van der Waals surface area contributed by atoms with Gasteiger partial charge >= 0.3 is 5.97 Å². The van der Waals surface area contributed by atoms with Crippen LogP contribution in [0.5, 0.6) is 5.75 Å². The summed E-state index contributed by atoms with van der Waals surface area (Å²) >= 11 is 0. The number of carboxylic acid groups (broad SMARTS) is 1. The minimum atomic E-state index is -1.02. The molecule has 0 amide bonds. The van der Waals surface area contributed by atoms with Crippen LogP contribution in [0.2, 0.25) is 0 Å². The molecule has 0 aliphatic carbocycles. The van der Waals surface area contributed by atoms with Crippen LogP contribution in [-0.4, -0.2) is 43.0 Å². The van der Waals surface area contributed by atoms with Gasteiger partial charge in [-0.25, -0.2) is 18.3 Å². The van der Waals surface area contributed by atoms with E-state index in [2.05, 4.69) is 4.98 Å². The number of hydrogen-bond acceptors (Lipinski definition) is 5. The first-order chi connectivity index (χ1) is 20.8. The zero-order valence-corrected chi connectivity index (χ0v) is 25.4. The molecule has 6 rings (SSSR count). The number of carboxylic acids is 1. The molecule has 44 heavy (non-hydrogen) atoms. The molecule has 1 aliphatic heterocycles. The lowest BCUT2D eigenvalue weighted by Crippen LogP contribution is -2.14. The molecule has 2 aromatic heterocycles. The Bertz CT molecular complexity index is 1870. The van der Waals surface area contributed by atoms with E-state index in [-0.39, 0.29) is 18.0 Å². The van der Waals surface area contributed by atoms with Gasteiger partial charge in [0.1, 0.15) is 5.82 Å². The number of aliphatic hydroxyl groups is 1. The molecule has 0 bridgehead atoms. The minimum Gasteiger partial charge on any atom is -0.490 e. The van der Waals surface area contributed by atoms with E-state index >= 15 is 4.39 Å². The predicted octanol–water partition coefficient (Wildman–Crippen LogP) is 7.35. The third-order valence-electron chi connectivity index (χ3n) is 7.24. The third-order valence-corrected chi connectivity index (χ3v) is 7.24. The van der Waals surface area contributed by atoms with Crippen molar-refractivity contribution in [2.45, 2.75) is 59.5 Å². The van der Waals surface area contributed by atoms with Crippen molar-refractivity contribution in [2.24, 2.45) is 0 Å². The summed E-state index contributed by atoms with van der Waals surface area (Å²) in [5.41, 5.74) is 6.64. The van der Waals surface area contributed by atoms with E-state index in [0.717, 1.165) is 34.2 Å². The molecule has 7 nitrogen and oxygen atoms in total. The topological polar surface area (TPSA) is 97.0 Å². The maximum Gasteiger partial charge on any atom is 0.307 e. The van der Waals surface area contributed by atoms with Gasteiger partial charge in [-0.1, -0.05) is 30.3 Å². The second-order valence-electron chi connectivity index (χ2n) is 11.9. The number of aliphatic carboxylic acids is 1. The quantitative estimate of drug-likeness (QED) is 0.219. The third kappa shape index (κ3) is 6.63. The van der Waals surface area contributed by atoms with Crippen LogP contribution in [-0.2, 0) is 17.6 Å². The summed E-state index contributed by atoms with van der Waals surface area (Å²) in [5, 5.41) is 23.1. The molecule has 3 aromatic carbocycles. The van der Waals surface area contributed by atoms with Gasteiger partial charge in [0.2, 0.25) is 0 Å². The zero-order valence-electron chi connectivity index (χ0n) is 25.4. The summed E-state index contributed by atoms with van der Waals surface area (Å²) in [6, 6.07) is 17.2. The summed E-state index contributed by atoms with van der Waals surface area (Å²) < 4.78 is 36.4. The van der Waals surface area contributed by atoms with E-state index < -0.39 is 17.4 Å². The molecule has 5 aromatic rings. The monoisotopic (exact) mass is 599 g/mol. The van der Waals surface area contributed by atoms with Crippen molar-refractivity contribution < 1.29 is 28.5 Å². The van der Waals surface area contributed by atoms with Gasteiger partial charge in [0, 0.05) is 34.0 Å². The molecule has 1 aliphatic rings. The lowest BCUT2D eigenvalue weighted by Gasteiger charge is -2.23. The van der Waals surface area contributed by atoms with E-state index in [0.29, 0.717) is 46.9 Å². The van der Waals surface area contributed by atoms with Gasteiger partial charge in [0.05, 0.1) is 30.0 Å². The van der Waals surface area contributed by atoms with Gasteiger partial charge < -0.3 is 14.9 Å². The molecule has 228 valence electrons. The standard InChI is InChI=1S/C31H25F2N3O3.C4H10O/c1-17-23-10-5-11-39-31(23)26(33)14-24(17)30-25(15-29(37)38)18(2)34-28-16-27(35-36(28)30)21-8-3-6-19(12-21)20-7-4-9-22(32)13-20;1-4(2,3)5/h3-4,6-9,12-14,16H,5,10-11,15H2,1-2H3,(H,37,38);5H,1-3H3. The number of benzene rings is 3. The number of aryl methyl sites for hydroxylation is 1. The maximum absolute atomic E-state index is 15.3. The van der Waals surface area contributed by atoms with Crippen LogP contribution in [0.1, 0.15) is 49.6 Å². The normalized spacial score (nSPS) is 12.7. The van der Waals surface area contributed by atoms with Crippen molar-refractivity contribution in [3.05, 3.63) is 94.7 Å². The van der Waals surface area contributed by atoms with Crippen molar-refractivity contribution in [1.82, 2.24) is 14.6 Å². The Labute approximate surface area is 254 Å². The summed E-state index contributed by atoms with van der Waals surface area (Å²) in [7, 11) is 0. The molecular weight excluding hydrogens is 564 g/mol. The van der Waals surface area contributed by atoms with Crippen LogP contribution in [0.15, 0.2) is 60.7 Å². The minimum absolute atomic E-state index is 0.264. The second-order valence-corrected chi connectivity index (χ2v) is 11.9. The van der Waals surface area contributed by atoms with Crippen LogP contribution < -0.4 is 4.74 Å². The lowest BCUT2D eigenvalue weighted by molar-refractivity contribution is -0.136. The molecule has 0 atom stereocenters. The van der Waals surface area contributed by atoms with Crippen molar-refractivity contribution in [3.63, 3.8) is 0 Å². The molecule has 0 spiro atoms. The van der Waals surface area contributed by atoms with Crippen molar-refractivity contribution in [1.29, 1.82) is 0 Å². The molecule has 9 heteroatoms. The molecule has 3 heterocycles. The maximum atomic E-state index is 15.3. The van der Waals surface area contributed by atoms with Crippen LogP contribution >= 0.6 is 0 Å². The molecule has 0 radical (unpaired) electrons. The van der Waals surface area contributed by atoms with E-state index in [1.54, 1.807) is 38.3 Å². The molecule has 0 fully saturated rings. The van der Waals surface area contributed by atoms with Gasteiger partial charge in [0.25, 0.3) is 0 Å². The van der Waals surface area contributed by atoms with Crippen LogP contribution in [0.3, 0.4) is 0 Å². The largest absolute Gasteiger partial charge is 0.490 e. The Balaban J connectivity index is 0.000000712. The number of rotatable bonds is 5. The van der Waals surface area contributed by atoms with Gasteiger partial charge in [-0.05, 0) is 88.4 Å². The van der Waals surface area contributed by atoms with Crippen LogP contribution in [0.4, 0.5) is 8.78 Å². The molecule has 0 saturated heterocycles. The van der Waals surface area contributed by atoms with Gasteiger partial charge in [-0.3, -0.25) is 4.79 Å². The van der Waals surface area contributed by atoms with Gasteiger partial charge in [-0.15, -0.1) is 0 Å². The van der Waals surface area contributed by atoms with E-state index in [1.807, 2.05) is 43.3 Å². The predicted molar refractivity (Wildman–Crippen MR) is 166 cm³/mol. The van der Waals surface area contributed by atoms with E-state index in [9.17, 15) is 14.3 Å². The molecule has 2 N–H and O–H groups in total. The first-order valence-electron chi connectivity index (χ1n) is 14.4. The highest BCUT2D eigenvalue weighted by Gasteiger charge is 2.26. The van der Waals surface area contributed by atoms with Gasteiger partial charge in [0.15, 0.2) is 17.2 Å². The van der Waals surface area contributed by atoms with E-state index in [4.69, 9.17) is 14.9 Å². The van der Waals surface area contributed by atoms with Crippen molar-refractivity contribution in [2.75, 3.05) is 6.61 Å². The number of carbonyl (C=O) groups is 1. The fraction of sp³-hybridized carbons (Fsp3) is 0.286. The van der Waals surface area contributed by atoms with Crippen molar-refractivity contribution in [3.8, 4) is 39.4 Å². The average Bonchev–Trinajstić information content (AvgIpc) is 3.38. The molecule has 0 saturated carbocycles. The number of halogens is 2. The Hall–Kier alpha value is -4.63. The first-order valence-corrected chi connectivity index (χ1v) is 14.4. The number of aromatic nitrogens is 3. The number of fused-ring (bicyclic) bond motifs is 2. The zero-order chi connectivity index (χ0) is 31.8. The number of hydrogen-bond donors (Lipinski definition) is 2. The van der Waals surface area contributed by atoms with Gasteiger partial charge in [-0.2, -0.15) is 5.10 Å². The Morgan fingerprint density at radius 2 is 1.66 bits per heavy atom. The Kier molecular flexibility index (Phi) is 8.52. The fourth-order valence-corrected chi connectivity index (χ4v) is 5.36. The smallest absolute Gasteiger partial charge is 0.307 e. The van der Waals surface area contributed by atoms with Crippen LogP contribution in [0.25, 0.3) is 39.3 Å². The average molecular weight is 600 g/mol. The summed E-state index contributed by atoms with van der Waals surface area (Å²) in [6.45, 7) is 9.35. The second kappa shape index (κ2) is 12.2. The summed E-state index contributed by atoms with van der Waals surface area (Å²) in [6.07, 6.45) is 1.16. The highest BCUT2D eigenvalue weighted by Crippen LogP contribution is 2.39. The number of ether oxygens (including phenoxy) is 1. The SMILES string of the molecule is CC(C)(C)O.Cc1nc2cc(-c3cccc(-c4cccc(F)c4)c3)nn2c(-c2cc(F)c3c(c2C)CCCO3)c1CC(=O)O. The Morgan fingerprint density at radius 1 is 1.00 bits per heavy atom. The van der Waals surface area contributed by atoms with E-state index in [1.165, 1.54) is 18.2 Å². The van der Waals surface area contributed by atoms with Crippen molar-refractivity contribution >= 4 is 11.6 Å². The molecular formula is C35H35F2N3O4. The highest BCUT2D eigenvalue weighted by molar-refractivity contribution is 5.80. The fourth-order valence-electron chi connectivity index (χ4n) is 5.36. The molecule has 0 unspecified atom stereocenters. The number of nitrogens with zero attached hydrogens (tertiary/aromatic N) is 3. The first kappa shape index (κ1) is 30.8. The highest BCUT2D eigenvalue weighted by atomic mass is 19.1.